The van der Waals surface area contributed by atoms with Gasteiger partial charge in [0.2, 0.25) is 5.91 Å². The van der Waals surface area contributed by atoms with E-state index in [1.165, 1.54) is 11.3 Å². The predicted octanol–water partition coefficient (Wildman–Crippen LogP) is 4.08. The van der Waals surface area contributed by atoms with Crippen LogP contribution < -0.4 is 4.80 Å². The third kappa shape index (κ3) is 2.50. The monoisotopic (exact) mass is 363 g/mol. The van der Waals surface area contributed by atoms with Gasteiger partial charge in [-0.2, -0.15) is 4.99 Å². The molecule has 1 amide bonds. The minimum atomic E-state index is -0.282. The molecule has 0 aliphatic heterocycles. The Kier molecular flexibility index (Phi) is 4.05. The maximum atomic E-state index is 12.5. The molecule has 0 spiro atoms. The summed E-state index contributed by atoms with van der Waals surface area (Å²) in [5, 5.41) is 0.990. The van der Waals surface area contributed by atoms with Crippen molar-refractivity contribution in [1.82, 2.24) is 9.13 Å². The Hall–Kier alpha value is -2.99. The Balaban J connectivity index is 2.04. The summed E-state index contributed by atoms with van der Waals surface area (Å²) in [5.74, 6) is -0.336. The third-order valence-corrected chi connectivity index (χ3v) is 5.41. The van der Waals surface area contributed by atoms with Crippen LogP contribution in [0.25, 0.3) is 21.3 Å². The van der Waals surface area contributed by atoms with Gasteiger partial charge in [0, 0.05) is 24.4 Å². The highest BCUT2D eigenvalue weighted by Gasteiger charge is 2.19. The quantitative estimate of drug-likeness (QED) is 0.539. The molecule has 2 aromatic carbocycles. The zero-order valence-electron chi connectivity index (χ0n) is 14.5. The van der Waals surface area contributed by atoms with Gasteiger partial charge in [0.25, 0.3) is 5.91 Å². The number of para-hydroxylation sites is 1. The van der Waals surface area contributed by atoms with Crippen molar-refractivity contribution in [2.45, 2.75) is 20.4 Å². The van der Waals surface area contributed by atoms with Crippen molar-refractivity contribution in [2.24, 2.45) is 4.99 Å². The molecule has 0 atom stereocenters. The molecule has 0 N–H and O–H groups in total. The molecule has 0 fully saturated rings. The van der Waals surface area contributed by atoms with Gasteiger partial charge in [-0.1, -0.05) is 47.7 Å². The molecular formula is C20H17N3O2S. The molecule has 0 aliphatic rings. The molecule has 26 heavy (non-hydrogen) atoms. The highest BCUT2D eigenvalue weighted by atomic mass is 32.1. The van der Waals surface area contributed by atoms with Gasteiger partial charge in [-0.25, -0.2) is 0 Å². The van der Waals surface area contributed by atoms with E-state index in [1.54, 1.807) is 23.6 Å². The van der Waals surface area contributed by atoms with Crippen molar-refractivity contribution in [3.05, 3.63) is 65.0 Å². The zero-order chi connectivity index (χ0) is 18.3. The van der Waals surface area contributed by atoms with E-state index < -0.39 is 0 Å². The van der Waals surface area contributed by atoms with E-state index in [-0.39, 0.29) is 11.8 Å². The van der Waals surface area contributed by atoms with E-state index >= 15 is 0 Å². The standard InChI is InChI=1S/C20H17N3O2S/c1-3-22-17-15-11-7-8-12-16(15)23(13(2)24)19(17)26-20(22)21-18(25)14-9-5-4-6-10-14/h4-12H,3H2,1-2H3. The first kappa shape index (κ1) is 16.5. The number of thiazole rings is 1. The Morgan fingerprint density at radius 2 is 1.73 bits per heavy atom. The molecule has 4 aromatic rings. The number of amides is 1. The van der Waals surface area contributed by atoms with Gasteiger partial charge in [0.15, 0.2) is 4.80 Å². The summed E-state index contributed by atoms with van der Waals surface area (Å²) in [7, 11) is 0. The second kappa shape index (κ2) is 6.38. The molecule has 2 aromatic heterocycles. The first-order chi connectivity index (χ1) is 12.6. The fourth-order valence-electron chi connectivity index (χ4n) is 3.21. The predicted molar refractivity (Wildman–Crippen MR) is 104 cm³/mol. The van der Waals surface area contributed by atoms with E-state index in [0.29, 0.717) is 16.9 Å². The van der Waals surface area contributed by atoms with Crippen LogP contribution in [0.4, 0.5) is 0 Å². The van der Waals surface area contributed by atoms with Crippen LogP contribution in [0.5, 0.6) is 0 Å². The molecule has 0 bridgehead atoms. The first-order valence-corrected chi connectivity index (χ1v) is 9.21. The summed E-state index contributed by atoms with van der Waals surface area (Å²) < 4.78 is 3.70. The van der Waals surface area contributed by atoms with Gasteiger partial charge in [0.05, 0.1) is 11.0 Å². The van der Waals surface area contributed by atoms with Crippen molar-refractivity contribution in [1.29, 1.82) is 0 Å². The number of hydrogen-bond acceptors (Lipinski definition) is 3. The highest BCUT2D eigenvalue weighted by molar-refractivity contribution is 7.16. The van der Waals surface area contributed by atoms with Crippen LogP contribution in [0.2, 0.25) is 0 Å². The Bertz CT molecular complexity index is 1210. The van der Waals surface area contributed by atoms with Gasteiger partial charge in [0.1, 0.15) is 4.83 Å². The maximum Gasteiger partial charge on any atom is 0.279 e. The van der Waals surface area contributed by atoms with Crippen LogP contribution in [-0.4, -0.2) is 20.9 Å². The molecule has 0 aliphatic carbocycles. The molecule has 0 saturated carbocycles. The topological polar surface area (TPSA) is 56.4 Å². The maximum absolute atomic E-state index is 12.5. The van der Waals surface area contributed by atoms with E-state index in [1.807, 2.05) is 54.0 Å². The lowest BCUT2D eigenvalue weighted by Crippen LogP contribution is -2.16. The molecule has 0 unspecified atom stereocenters. The molecule has 5 nitrogen and oxygen atoms in total. The summed E-state index contributed by atoms with van der Waals surface area (Å²) in [4.78, 5) is 30.5. The average molecular weight is 363 g/mol. The van der Waals surface area contributed by atoms with Crippen LogP contribution >= 0.6 is 11.3 Å². The van der Waals surface area contributed by atoms with Crippen LogP contribution in [0.3, 0.4) is 0 Å². The lowest BCUT2D eigenvalue weighted by atomic mass is 10.2. The lowest BCUT2D eigenvalue weighted by molar-refractivity contribution is 0.0945. The molecular weight excluding hydrogens is 346 g/mol. The molecule has 6 heteroatoms. The van der Waals surface area contributed by atoms with E-state index in [4.69, 9.17) is 0 Å². The molecule has 2 heterocycles. The van der Waals surface area contributed by atoms with Crippen LogP contribution in [-0.2, 0) is 6.54 Å². The SMILES string of the molecule is CCn1c(=NC(=O)c2ccccc2)sc2c1c1ccccc1n2C(C)=O. The molecule has 4 rings (SSSR count). The Labute approximate surface area is 153 Å². The van der Waals surface area contributed by atoms with Crippen LogP contribution in [0.1, 0.15) is 29.0 Å². The summed E-state index contributed by atoms with van der Waals surface area (Å²) >= 11 is 1.37. The molecule has 0 saturated heterocycles. The Morgan fingerprint density at radius 3 is 2.42 bits per heavy atom. The summed E-state index contributed by atoms with van der Waals surface area (Å²) in [6.45, 7) is 4.22. The van der Waals surface area contributed by atoms with Crippen molar-refractivity contribution in [2.75, 3.05) is 0 Å². The average Bonchev–Trinajstić information content (AvgIpc) is 3.15. The number of carbonyl (C=O) groups is 2. The molecule has 130 valence electrons. The highest BCUT2D eigenvalue weighted by Crippen LogP contribution is 2.30. The van der Waals surface area contributed by atoms with Crippen molar-refractivity contribution in [3.8, 4) is 0 Å². The number of aryl methyl sites for hydroxylation is 1. The fourth-order valence-corrected chi connectivity index (χ4v) is 4.48. The summed E-state index contributed by atoms with van der Waals surface area (Å²) in [5.41, 5.74) is 2.37. The summed E-state index contributed by atoms with van der Waals surface area (Å²) in [6.07, 6.45) is 0. The number of hydrogen-bond donors (Lipinski definition) is 0. The third-order valence-electron chi connectivity index (χ3n) is 4.34. The van der Waals surface area contributed by atoms with E-state index in [0.717, 1.165) is 21.3 Å². The normalized spacial score (nSPS) is 12.2. The van der Waals surface area contributed by atoms with Crippen molar-refractivity contribution < 1.29 is 9.59 Å². The minimum Gasteiger partial charge on any atom is -0.315 e. The fraction of sp³-hybridized carbons (Fsp3) is 0.150. The number of carbonyl (C=O) groups excluding carboxylic acids is 2. The van der Waals surface area contributed by atoms with Gasteiger partial charge in [-0.3, -0.25) is 14.2 Å². The van der Waals surface area contributed by atoms with E-state index in [2.05, 4.69) is 4.99 Å². The molecule has 0 radical (unpaired) electrons. The number of nitrogens with zero attached hydrogens (tertiary/aromatic N) is 3. The van der Waals surface area contributed by atoms with Crippen molar-refractivity contribution in [3.63, 3.8) is 0 Å². The second-order valence-corrected chi connectivity index (χ2v) is 6.89. The number of fused-ring (bicyclic) bond motifs is 3. The zero-order valence-corrected chi connectivity index (χ0v) is 15.3. The summed E-state index contributed by atoms with van der Waals surface area (Å²) in [6, 6.07) is 16.8. The van der Waals surface area contributed by atoms with E-state index in [9.17, 15) is 9.59 Å². The van der Waals surface area contributed by atoms with Crippen LogP contribution in [0, 0.1) is 0 Å². The van der Waals surface area contributed by atoms with Gasteiger partial charge >= 0.3 is 0 Å². The first-order valence-electron chi connectivity index (χ1n) is 8.39. The van der Waals surface area contributed by atoms with Gasteiger partial charge in [-0.15, -0.1) is 0 Å². The Morgan fingerprint density at radius 1 is 1.04 bits per heavy atom. The smallest absolute Gasteiger partial charge is 0.279 e. The van der Waals surface area contributed by atoms with Crippen LogP contribution in [0.15, 0.2) is 59.6 Å². The second-order valence-electron chi connectivity index (χ2n) is 5.94. The van der Waals surface area contributed by atoms with Crippen molar-refractivity contribution >= 4 is 44.4 Å². The van der Waals surface area contributed by atoms with Gasteiger partial charge < -0.3 is 4.57 Å². The number of rotatable bonds is 2. The number of benzene rings is 2. The number of aromatic nitrogens is 2. The largest absolute Gasteiger partial charge is 0.315 e. The lowest BCUT2D eigenvalue weighted by Gasteiger charge is -2.00. The van der Waals surface area contributed by atoms with Gasteiger partial charge in [-0.05, 0) is 25.1 Å². The minimum absolute atomic E-state index is 0.0540.